The lowest BCUT2D eigenvalue weighted by Gasteiger charge is -2.44. The molecule has 122 heavy (non-hydrogen) atoms. The number of pyridine rings is 1. The molecule has 6 aromatic rings. The number of aryl methyl sites for hydroxylation is 2. The van der Waals surface area contributed by atoms with E-state index in [1.165, 1.54) is 54.6 Å². The van der Waals surface area contributed by atoms with E-state index in [9.17, 15) is 75.6 Å². The molecule has 5 aromatic carbocycles. The van der Waals surface area contributed by atoms with Gasteiger partial charge in [-0.2, -0.15) is 13.5 Å². The monoisotopic (exact) mass is 1700 g/mol. The highest BCUT2D eigenvalue weighted by atomic mass is 32.2. The highest BCUT2D eigenvalue weighted by molar-refractivity contribution is 7.86. The largest absolute Gasteiger partial charge is 0.488 e. The maximum atomic E-state index is 14.9. The van der Waals surface area contributed by atoms with Gasteiger partial charge in [-0.05, 0) is 173 Å². The lowest BCUT2D eigenvalue weighted by molar-refractivity contribution is -0.139. The molecule has 1 aliphatic heterocycles. The van der Waals surface area contributed by atoms with Crippen molar-refractivity contribution in [2.75, 3.05) is 36.9 Å². The van der Waals surface area contributed by atoms with Crippen molar-refractivity contribution in [1.82, 2.24) is 52.4 Å². The second-order valence-corrected chi connectivity index (χ2v) is 34.8. The molecule has 6 atom stereocenters. The Morgan fingerprint density at radius 3 is 1.87 bits per heavy atom. The second kappa shape index (κ2) is 46.7. The number of hydrazone groups is 1. The molecular weight excluding hydrogens is 1580 g/mol. The van der Waals surface area contributed by atoms with Crippen molar-refractivity contribution in [1.29, 1.82) is 0 Å². The number of unbranched alkanes of at least 4 members (excludes halogenated alkanes) is 4. The smallest absolute Gasteiger partial charge is 0.315 e. The zero-order chi connectivity index (χ0) is 89.3. The van der Waals surface area contributed by atoms with Crippen LogP contribution in [0.3, 0.4) is 0 Å². The summed E-state index contributed by atoms with van der Waals surface area (Å²) in [6.45, 7) is 19.6. The molecule has 0 radical (unpaired) electrons. The van der Waals surface area contributed by atoms with E-state index in [2.05, 4.69) is 63.4 Å². The number of aliphatic carboxylic acids is 1. The van der Waals surface area contributed by atoms with Crippen molar-refractivity contribution in [2.45, 2.75) is 232 Å². The van der Waals surface area contributed by atoms with Crippen molar-refractivity contribution in [3.63, 3.8) is 0 Å². The van der Waals surface area contributed by atoms with Gasteiger partial charge in [-0.1, -0.05) is 159 Å². The van der Waals surface area contributed by atoms with Gasteiger partial charge >= 0.3 is 11.9 Å². The fourth-order valence-electron chi connectivity index (χ4n) is 14.0. The van der Waals surface area contributed by atoms with Crippen LogP contribution in [0.25, 0.3) is 0 Å². The lowest BCUT2D eigenvalue weighted by Crippen LogP contribution is -2.66. The summed E-state index contributed by atoms with van der Waals surface area (Å²) in [6.07, 6.45) is 8.24. The standard InChI is InChI=1S/C90H119N13O18S/c1-58(2)51-71(100-86(115)74-31-24-50-103(74)60(5)104)82(111)94-57-78(106)96-70(44-38-61-25-17-15-18-26-61)83(112)99-73(53-63-36-42-68(43-37-63)121-89(9,10)11)85(114)98-72(52-59(3)4)84(113)97-69-30-22-20-28-64(69)54-80(109)120-67-40-34-62(35-41-67)27-16-13-12-14-19-33-77(105)91-48-49-92-87(116)90(88(6,7)8,47-46-79(107)108)101-81(110)66-39-45-76(93-55-66)102-95-56-65-29-21-23-32-75(65)122(117,118)119/h15,17-18,20-23,25-26,28-30,32,34-37,39-43,45,55-56,58-59,70-74H,12-14,16,19,24,27,31,33,38,44,46-54,57H2,1-11H3,(H,91,105)(H,92,116)(H,93,102)(H,94,111)(H,96,106)(H,97,113)(H,98,114)(H,99,112)(H,100,115)(H,101,110)(H,107,108)(H,117,118,119)/b95-56+/t70-,71-,72-,73-,74-,90+/m0/s1. The number of esters is 1. The number of carbonyl (C=O) groups is 12. The Balaban J connectivity index is 0.884. The van der Waals surface area contributed by atoms with E-state index in [1.807, 2.05) is 90.9 Å². The highest BCUT2D eigenvalue weighted by Crippen LogP contribution is 2.36. The SMILES string of the molecule is CC(=O)N1CCC[C@H]1C(=O)N[C@@H](CC(C)C)C(=O)NCC(=O)N[C@@H](CCc1ccccc1)C(=O)N[C@@H](Cc1ccc(OC(C)(C)C)cc1)C(=O)N[C@@H](CC(C)C)C(=O)Nc1ccccc1CC(=O)Oc1ccc(CCCCCCCC(=O)NCCNC(=O)[C@@](CCC(=O)O)(NC(=O)c2ccc(N/N=C/c3ccccc3S(=O)(=O)O)nc2)C(C)(C)C)cc1. The summed E-state index contributed by atoms with van der Waals surface area (Å²) in [5.74, 6) is -6.61. The van der Waals surface area contributed by atoms with Crippen molar-refractivity contribution in [3.05, 3.63) is 179 Å². The zero-order valence-corrected chi connectivity index (χ0v) is 72.3. The molecule has 658 valence electrons. The molecule has 1 aliphatic rings. The third-order valence-electron chi connectivity index (χ3n) is 20.4. The Bertz CT molecular complexity index is 4710. The van der Waals surface area contributed by atoms with Crippen LogP contribution in [0.5, 0.6) is 11.5 Å². The van der Waals surface area contributed by atoms with Gasteiger partial charge in [0, 0.05) is 63.3 Å². The minimum absolute atomic E-state index is 0.0189. The van der Waals surface area contributed by atoms with Crippen LogP contribution < -0.4 is 62.8 Å². The quantitative estimate of drug-likeness (QED) is 0.00423. The topological polar surface area (TPSA) is 447 Å². The summed E-state index contributed by atoms with van der Waals surface area (Å²) in [7, 11) is -4.52. The van der Waals surface area contributed by atoms with Gasteiger partial charge in [-0.15, -0.1) is 0 Å². The van der Waals surface area contributed by atoms with E-state index in [-0.39, 0.29) is 104 Å². The summed E-state index contributed by atoms with van der Waals surface area (Å²) < 4.78 is 44.9. The fraction of sp³-hybridized carbons (Fsp3) is 0.467. The fourth-order valence-corrected chi connectivity index (χ4v) is 14.7. The number of rotatable bonds is 46. The van der Waals surface area contributed by atoms with Crippen molar-refractivity contribution in [3.8, 4) is 11.5 Å². The van der Waals surface area contributed by atoms with E-state index in [1.54, 1.807) is 87.5 Å². The first kappa shape index (κ1) is 97.2. The van der Waals surface area contributed by atoms with E-state index in [4.69, 9.17) is 9.47 Å². The molecule has 7 rings (SSSR count). The van der Waals surface area contributed by atoms with Crippen molar-refractivity contribution < 1.29 is 85.1 Å². The number of para-hydroxylation sites is 1. The van der Waals surface area contributed by atoms with Gasteiger partial charge in [0.05, 0.1) is 24.7 Å². The Morgan fingerprint density at radius 1 is 0.615 bits per heavy atom. The van der Waals surface area contributed by atoms with Gasteiger partial charge in [0.25, 0.3) is 16.0 Å². The molecule has 0 unspecified atom stereocenters. The number of anilines is 2. The van der Waals surface area contributed by atoms with E-state index in [0.717, 1.165) is 43.2 Å². The lowest BCUT2D eigenvalue weighted by atomic mass is 9.69. The van der Waals surface area contributed by atoms with E-state index < -0.39 is 129 Å². The number of carbonyl (C=O) groups excluding carboxylic acids is 11. The number of nitrogens with one attached hydrogen (secondary N) is 10. The van der Waals surface area contributed by atoms with Crippen LogP contribution in [0.1, 0.15) is 198 Å². The predicted molar refractivity (Wildman–Crippen MR) is 462 cm³/mol. The van der Waals surface area contributed by atoms with Crippen LogP contribution in [0.4, 0.5) is 11.5 Å². The average Bonchev–Trinajstić information content (AvgIpc) is 0.882. The first-order chi connectivity index (χ1) is 57.8. The first-order valence-corrected chi connectivity index (χ1v) is 42.9. The van der Waals surface area contributed by atoms with Gasteiger partial charge in [0.15, 0.2) is 0 Å². The number of hydrogen-bond acceptors (Lipinski definition) is 19. The number of aromatic nitrogens is 1. The molecule has 0 aliphatic carbocycles. The Kier molecular flexibility index (Phi) is 37.2. The van der Waals surface area contributed by atoms with Crippen LogP contribution in [-0.4, -0.2) is 173 Å². The molecule has 1 fully saturated rings. The number of benzene rings is 5. The number of carboxylic acid groups (broad SMARTS) is 1. The third-order valence-corrected chi connectivity index (χ3v) is 21.3. The van der Waals surface area contributed by atoms with Gasteiger partial charge in [-0.25, -0.2) is 4.98 Å². The van der Waals surface area contributed by atoms with Crippen LogP contribution >= 0.6 is 0 Å². The van der Waals surface area contributed by atoms with Crippen LogP contribution in [0, 0.1) is 17.3 Å². The molecule has 0 saturated carbocycles. The minimum Gasteiger partial charge on any atom is -0.488 e. The zero-order valence-electron chi connectivity index (χ0n) is 71.5. The van der Waals surface area contributed by atoms with Gasteiger partial charge in [-0.3, -0.25) is 67.5 Å². The molecule has 32 heteroatoms. The summed E-state index contributed by atoms with van der Waals surface area (Å²) in [5.41, 5.74) is 2.72. The van der Waals surface area contributed by atoms with E-state index >= 15 is 0 Å². The highest BCUT2D eigenvalue weighted by Gasteiger charge is 2.50. The first-order valence-electron chi connectivity index (χ1n) is 41.4. The summed E-state index contributed by atoms with van der Waals surface area (Å²) in [5, 5.41) is 39.0. The molecular formula is C90H119N13O18S. The summed E-state index contributed by atoms with van der Waals surface area (Å²) in [6, 6.07) is 33.2. The number of amides is 10. The molecule has 12 N–H and O–H groups in total. The summed E-state index contributed by atoms with van der Waals surface area (Å²) in [4.78, 5) is 169. The predicted octanol–water partition coefficient (Wildman–Crippen LogP) is 9.27. The minimum atomic E-state index is -4.52. The number of carboxylic acids is 1. The molecule has 1 saturated heterocycles. The number of hydrogen-bond donors (Lipinski definition) is 12. The molecule has 1 aromatic heterocycles. The second-order valence-electron chi connectivity index (χ2n) is 33.4. The number of ether oxygens (including phenoxy) is 2. The summed E-state index contributed by atoms with van der Waals surface area (Å²) >= 11 is 0. The maximum Gasteiger partial charge on any atom is 0.315 e. The molecule has 0 spiro atoms. The van der Waals surface area contributed by atoms with Crippen LogP contribution in [0.15, 0.2) is 156 Å². The molecule has 0 bridgehead atoms. The number of likely N-dealkylation sites (tertiary alicyclic amines) is 1. The van der Waals surface area contributed by atoms with Crippen LogP contribution in [0.2, 0.25) is 0 Å². The van der Waals surface area contributed by atoms with Crippen molar-refractivity contribution in [2.24, 2.45) is 22.4 Å². The van der Waals surface area contributed by atoms with Gasteiger partial charge in [0.2, 0.25) is 53.2 Å². The Hall–Kier alpha value is -11.9. The third kappa shape index (κ3) is 32.2. The van der Waals surface area contributed by atoms with E-state index in [0.29, 0.717) is 60.5 Å². The Labute approximate surface area is 714 Å². The number of nitrogens with zero attached hydrogens (tertiary/aromatic N) is 3. The van der Waals surface area contributed by atoms with Gasteiger partial charge in [0.1, 0.15) is 63.6 Å². The maximum absolute atomic E-state index is 14.9. The van der Waals surface area contributed by atoms with Crippen molar-refractivity contribution >= 4 is 98.8 Å². The average molecular weight is 1700 g/mol. The molecule has 10 amide bonds. The van der Waals surface area contributed by atoms with Crippen LogP contribution in [-0.2, 0) is 88.5 Å². The molecule has 31 nitrogen and oxygen atoms in total. The Morgan fingerprint density at radius 2 is 1.22 bits per heavy atom. The normalized spacial score (nSPS) is 14.3. The molecule has 2 heterocycles. The van der Waals surface area contributed by atoms with Gasteiger partial charge < -0.3 is 67.3 Å².